The summed E-state index contributed by atoms with van der Waals surface area (Å²) >= 11 is 1.74. The molecule has 1 aliphatic rings. The van der Waals surface area contributed by atoms with Crippen LogP contribution in [0.25, 0.3) is 0 Å². The maximum atomic E-state index is 13.4. The van der Waals surface area contributed by atoms with Crippen LogP contribution in [-0.2, 0) is 0 Å². The molecule has 1 unspecified atom stereocenters. The van der Waals surface area contributed by atoms with Crippen molar-refractivity contribution >= 4 is 28.6 Å². The number of hydrogen-bond acceptors (Lipinski definition) is 3. The van der Waals surface area contributed by atoms with Gasteiger partial charge >= 0.3 is 0 Å². The molecule has 1 atom stereocenters. The molecule has 1 amide bonds. The number of aryl methyl sites for hydroxylation is 2. The van der Waals surface area contributed by atoms with Crippen molar-refractivity contribution < 1.29 is 4.79 Å². The molecule has 0 saturated heterocycles. The summed E-state index contributed by atoms with van der Waals surface area (Å²) in [7, 11) is 2.07. The highest BCUT2D eigenvalue weighted by Crippen LogP contribution is 2.42. The topological polar surface area (TPSA) is 23.6 Å². The smallest absolute Gasteiger partial charge is 0.262 e. The zero-order valence-corrected chi connectivity index (χ0v) is 17.4. The lowest BCUT2D eigenvalue weighted by Gasteiger charge is -2.43. The number of carbonyl (C=O) groups is 1. The maximum absolute atomic E-state index is 13.4. The van der Waals surface area contributed by atoms with Gasteiger partial charge in [-0.15, -0.1) is 11.3 Å². The Labute approximate surface area is 165 Å². The van der Waals surface area contributed by atoms with Crippen molar-refractivity contribution in [3.05, 3.63) is 81.5 Å². The molecular weight excluding hydrogens is 352 g/mol. The Bertz CT molecular complexity index is 947. The van der Waals surface area contributed by atoms with Crippen LogP contribution < -0.4 is 9.80 Å². The molecule has 0 N–H and O–H groups in total. The van der Waals surface area contributed by atoms with Crippen LogP contribution in [-0.4, -0.2) is 13.0 Å². The Morgan fingerprint density at radius 3 is 2.11 bits per heavy atom. The Hall–Kier alpha value is -2.59. The molecule has 3 aromatic rings. The van der Waals surface area contributed by atoms with Gasteiger partial charge in [-0.25, -0.2) is 0 Å². The Kier molecular flexibility index (Phi) is 5.66. The molecule has 2 aromatic carbocycles. The third-order valence-corrected chi connectivity index (χ3v) is 5.78. The van der Waals surface area contributed by atoms with Crippen molar-refractivity contribution in [2.24, 2.45) is 0 Å². The summed E-state index contributed by atoms with van der Waals surface area (Å²) in [6.07, 6.45) is -0.137. The SMILES string of the molecule is CC.Cc1ccc(C2N(C)c3ccccc3C(=O)N2c2ccccc2C)s1. The third kappa shape index (κ3) is 3.37. The van der Waals surface area contributed by atoms with E-state index in [4.69, 9.17) is 0 Å². The van der Waals surface area contributed by atoms with Gasteiger partial charge in [0, 0.05) is 22.5 Å². The van der Waals surface area contributed by atoms with Gasteiger partial charge in [-0.05, 0) is 49.7 Å². The molecular formula is C23H26N2OS. The number of benzene rings is 2. The molecule has 27 heavy (non-hydrogen) atoms. The maximum Gasteiger partial charge on any atom is 0.262 e. The molecule has 4 rings (SSSR count). The van der Waals surface area contributed by atoms with Crippen molar-refractivity contribution in [1.82, 2.24) is 0 Å². The fourth-order valence-electron chi connectivity index (χ4n) is 3.49. The van der Waals surface area contributed by atoms with E-state index in [0.29, 0.717) is 0 Å². The van der Waals surface area contributed by atoms with Gasteiger partial charge in [-0.1, -0.05) is 44.2 Å². The number of anilines is 2. The van der Waals surface area contributed by atoms with Crippen molar-refractivity contribution in [3.8, 4) is 0 Å². The highest BCUT2D eigenvalue weighted by atomic mass is 32.1. The van der Waals surface area contributed by atoms with E-state index >= 15 is 0 Å². The average Bonchev–Trinajstić information content (AvgIpc) is 3.12. The number of hydrogen-bond donors (Lipinski definition) is 0. The Morgan fingerprint density at radius 1 is 0.852 bits per heavy atom. The van der Waals surface area contributed by atoms with Crippen molar-refractivity contribution in [2.75, 3.05) is 16.8 Å². The van der Waals surface area contributed by atoms with Crippen LogP contribution in [0.4, 0.5) is 11.4 Å². The first kappa shape index (κ1) is 19.2. The predicted octanol–water partition coefficient (Wildman–Crippen LogP) is 6.19. The molecule has 0 saturated carbocycles. The number of carbonyl (C=O) groups excluding carboxylic acids is 1. The zero-order valence-electron chi connectivity index (χ0n) is 16.6. The average molecular weight is 379 g/mol. The Balaban J connectivity index is 0.00000102. The molecule has 0 spiro atoms. The minimum absolute atomic E-state index is 0.0547. The lowest BCUT2D eigenvalue weighted by molar-refractivity contribution is 0.0970. The number of fused-ring (bicyclic) bond motifs is 1. The van der Waals surface area contributed by atoms with Crippen LogP contribution in [0.3, 0.4) is 0 Å². The normalized spacial score (nSPS) is 15.9. The van der Waals surface area contributed by atoms with Crippen LogP contribution in [0.15, 0.2) is 60.7 Å². The minimum Gasteiger partial charge on any atom is -0.349 e. The summed E-state index contributed by atoms with van der Waals surface area (Å²) in [5.41, 5.74) is 3.79. The van der Waals surface area contributed by atoms with Crippen molar-refractivity contribution in [1.29, 1.82) is 0 Å². The lowest BCUT2D eigenvalue weighted by atomic mass is 10.0. The highest BCUT2D eigenvalue weighted by molar-refractivity contribution is 7.12. The summed E-state index contributed by atoms with van der Waals surface area (Å²) in [5, 5.41) is 0. The molecule has 140 valence electrons. The minimum atomic E-state index is -0.137. The lowest BCUT2D eigenvalue weighted by Crippen LogP contribution is -2.48. The molecule has 2 heterocycles. The number of nitrogens with zero attached hydrogens (tertiary/aromatic N) is 2. The molecule has 3 nitrogen and oxygen atoms in total. The molecule has 0 aliphatic carbocycles. The standard InChI is InChI=1S/C21H20N2OS.C2H6/c1-14-8-4-6-10-17(14)23-20(19-13-12-15(2)25-19)22(3)18-11-7-5-9-16(18)21(23)24;1-2/h4-13,20H,1-3H3;1-2H3. The van der Waals surface area contributed by atoms with E-state index in [-0.39, 0.29) is 12.1 Å². The second-order valence-electron chi connectivity index (χ2n) is 6.41. The monoisotopic (exact) mass is 378 g/mol. The zero-order chi connectivity index (χ0) is 19.6. The van der Waals surface area contributed by atoms with Gasteiger partial charge in [-0.2, -0.15) is 0 Å². The number of amides is 1. The summed E-state index contributed by atoms with van der Waals surface area (Å²) in [4.78, 5) is 20.0. The first-order valence-corrected chi connectivity index (χ1v) is 10.2. The molecule has 1 aromatic heterocycles. The number of rotatable bonds is 2. The summed E-state index contributed by atoms with van der Waals surface area (Å²) in [6, 6.07) is 20.2. The van der Waals surface area contributed by atoms with Gasteiger partial charge in [0.05, 0.1) is 11.3 Å². The van der Waals surface area contributed by atoms with Gasteiger partial charge in [0.15, 0.2) is 0 Å². The Morgan fingerprint density at radius 2 is 1.48 bits per heavy atom. The second-order valence-corrected chi connectivity index (χ2v) is 7.73. The molecule has 1 aliphatic heterocycles. The first-order valence-electron chi connectivity index (χ1n) is 9.35. The molecule has 0 bridgehead atoms. The van der Waals surface area contributed by atoms with E-state index in [1.165, 1.54) is 9.75 Å². The van der Waals surface area contributed by atoms with Gasteiger partial charge in [0.2, 0.25) is 0 Å². The molecule has 0 fully saturated rings. The number of thiophene rings is 1. The molecule has 0 radical (unpaired) electrons. The van der Waals surface area contributed by atoms with E-state index < -0.39 is 0 Å². The van der Waals surface area contributed by atoms with Gasteiger partial charge in [-0.3, -0.25) is 9.69 Å². The quantitative estimate of drug-likeness (QED) is 0.531. The summed E-state index contributed by atoms with van der Waals surface area (Å²) in [5.74, 6) is 0.0547. The van der Waals surface area contributed by atoms with E-state index in [1.807, 2.05) is 61.2 Å². The van der Waals surface area contributed by atoms with Crippen LogP contribution in [0, 0.1) is 13.8 Å². The van der Waals surface area contributed by atoms with Crippen molar-refractivity contribution in [2.45, 2.75) is 33.9 Å². The fraction of sp³-hybridized carbons (Fsp3) is 0.261. The van der Waals surface area contributed by atoms with Gasteiger partial charge < -0.3 is 4.90 Å². The highest BCUT2D eigenvalue weighted by Gasteiger charge is 2.38. The van der Waals surface area contributed by atoms with E-state index in [9.17, 15) is 4.79 Å². The van der Waals surface area contributed by atoms with Crippen LogP contribution in [0.2, 0.25) is 0 Å². The van der Waals surface area contributed by atoms with E-state index in [0.717, 1.165) is 22.5 Å². The molecule has 4 heteroatoms. The van der Waals surface area contributed by atoms with Crippen LogP contribution >= 0.6 is 11.3 Å². The predicted molar refractivity (Wildman–Crippen MR) is 116 cm³/mol. The summed E-state index contributed by atoms with van der Waals surface area (Å²) < 4.78 is 0. The second kappa shape index (κ2) is 7.97. The van der Waals surface area contributed by atoms with E-state index in [2.05, 4.69) is 44.0 Å². The van der Waals surface area contributed by atoms with Gasteiger partial charge in [0.25, 0.3) is 5.91 Å². The van der Waals surface area contributed by atoms with E-state index in [1.54, 1.807) is 11.3 Å². The van der Waals surface area contributed by atoms with Crippen molar-refractivity contribution in [3.63, 3.8) is 0 Å². The fourth-order valence-corrected chi connectivity index (χ4v) is 4.51. The largest absolute Gasteiger partial charge is 0.349 e. The van der Waals surface area contributed by atoms with Crippen LogP contribution in [0.1, 0.15) is 45.7 Å². The number of para-hydroxylation sites is 2. The summed E-state index contributed by atoms with van der Waals surface area (Å²) in [6.45, 7) is 8.16. The first-order chi connectivity index (χ1) is 13.1. The van der Waals surface area contributed by atoms with Crippen LogP contribution in [0.5, 0.6) is 0 Å². The van der Waals surface area contributed by atoms with Gasteiger partial charge in [0.1, 0.15) is 6.17 Å². The third-order valence-electron chi connectivity index (χ3n) is 4.74.